The van der Waals surface area contributed by atoms with Crippen LogP contribution < -0.4 is 16.2 Å². The molecule has 6 nitrogen and oxygen atoms in total. The van der Waals surface area contributed by atoms with Crippen LogP contribution in [0.5, 0.6) is 0 Å². The molecule has 1 aromatic heterocycles. The van der Waals surface area contributed by atoms with Gasteiger partial charge >= 0.3 is 0 Å². The highest BCUT2D eigenvalue weighted by atomic mass is 32.1. The Balaban J connectivity index is 2.53. The molecule has 104 valence electrons. The predicted octanol–water partition coefficient (Wildman–Crippen LogP) is 0.670. The first-order chi connectivity index (χ1) is 8.91. The Morgan fingerprint density at radius 3 is 2.37 bits per heavy atom. The van der Waals surface area contributed by atoms with Crippen molar-refractivity contribution < 1.29 is 14.4 Å². The van der Waals surface area contributed by atoms with Crippen molar-refractivity contribution in [3.63, 3.8) is 0 Å². The third kappa shape index (κ3) is 4.70. The van der Waals surface area contributed by atoms with E-state index in [9.17, 15) is 14.4 Å². The summed E-state index contributed by atoms with van der Waals surface area (Å²) in [6.45, 7) is 4.95. The highest BCUT2D eigenvalue weighted by Crippen LogP contribution is 2.07. The minimum absolute atomic E-state index is 0.0810. The zero-order valence-electron chi connectivity index (χ0n) is 11.0. The van der Waals surface area contributed by atoms with Crippen LogP contribution in [0, 0.1) is 5.92 Å². The lowest BCUT2D eigenvalue weighted by Gasteiger charge is -2.20. The van der Waals surface area contributed by atoms with Crippen LogP contribution in [0.3, 0.4) is 0 Å². The van der Waals surface area contributed by atoms with Crippen LogP contribution in [-0.2, 0) is 9.59 Å². The zero-order chi connectivity index (χ0) is 14.4. The van der Waals surface area contributed by atoms with Gasteiger partial charge in [-0.1, -0.05) is 19.9 Å². The zero-order valence-corrected chi connectivity index (χ0v) is 11.8. The number of hydrogen-bond donors (Lipinski definition) is 3. The molecule has 0 radical (unpaired) electrons. The third-order valence-corrected chi connectivity index (χ3v) is 3.22. The van der Waals surface area contributed by atoms with Gasteiger partial charge in [0.05, 0.1) is 4.88 Å². The highest BCUT2D eigenvalue weighted by Gasteiger charge is 2.23. The maximum Gasteiger partial charge on any atom is 0.279 e. The molecule has 19 heavy (non-hydrogen) atoms. The molecule has 0 saturated heterocycles. The van der Waals surface area contributed by atoms with Crippen LogP contribution >= 0.6 is 11.3 Å². The largest absolute Gasteiger partial charge is 0.344 e. The Labute approximate surface area is 115 Å². The van der Waals surface area contributed by atoms with Crippen LogP contribution in [0.4, 0.5) is 0 Å². The Hall–Kier alpha value is -1.89. The summed E-state index contributed by atoms with van der Waals surface area (Å²) < 4.78 is 0. The molecule has 1 heterocycles. The summed E-state index contributed by atoms with van der Waals surface area (Å²) in [6.07, 6.45) is 0. The van der Waals surface area contributed by atoms with Gasteiger partial charge in [0.25, 0.3) is 11.8 Å². The predicted molar refractivity (Wildman–Crippen MR) is 72.4 cm³/mol. The van der Waals surface area contributed by atoms with E-state index in [2.05, 4.69) is 16.2 Å². The summed E-state index contributed by atoms with van der Waals surface area (Å²) in [6, 6.07) is 2.72. The van der Waals surface area contributed by atoms with Crippen molar-refractivity contribution in [1.82, 2.24) is 16.2 Å². The monoisotopic (exact) mass is 283 g/mol. The highest BCUT2D eigenvalue weighted by molar-refractivity contribution is 7.12. The fourth-order valence-corrected chi connectivity index (χ4v) is 2.04. The molecule has 0 aliphatic rings. The Morgan fingerprint density at radius 2 is 1.89 bits per heavy atom. The molecular weight excluding hydrogens is 266 g/mol. The summed E-state index contributed by atoms with van der Waals surface area (Å²) in [5.74, 6) is -1.20. The van der Waals surface area contributed by atoms with Crippen molar-refractivity contribution in [2.75, 3.05) is 0 Å². The van der Waals surface area contributed by atoms with Gasteiger partial charge in [-0.2, -0.15) is 0 Å². The van der Waals surface area contributed by atoms with Gasteiger partial charge in [0, 0.05) is 6.92 Å². The Bertz CT molecular complexity index is 457. The lowest BCUT2D eigenvalue weighted by atomic mass is 10.0. The molecule has 0 bridgehead atoms. The first-order valence-corrected chi connectivity index (χ1v) is 6.70. The molecule has 1 atom stereocenters. The molecule has 0 aliphatic carbocycles. The van der Waals surface area contributed by atoms with Crippen LogP contribution in [0.1, 0.15) is 30.4 Å². The van der Waals surface area contributed by atoms with E-state index in [1.54, 1.807) is 31.4 Å². The molecule has 0 spiro atoms. The second-order valence-electron chi connectivity index (χ2n) is 4.34. The topological polar surface area (TPSA) is 87.3 Å². The Kier molecular flexibility index (Phi) is 5.50. The molecule has 1 unspecified atom stereocenters. The molecular formula is C12H17N3O3S. The quantitative estimate of drug-likeness (QED) is 0.710. The van der Waals surface area contributed by atoms with E-state index < -0.39 is 11.9 Å². The molecule has 0 aliphatic heterocycles. The van der Waals surface area contributed by atoms with Crippen molar-refractivity contribution in [3.8, 4) is 0 Å². The van der Waals surface area contributed by atoms with E-state index in [1.807, 2.05) is 0 Å². The number of carbonyl (C=O) groups excluding carboxylic acids is 3. The summed E-state index contributed by atoms with van der Waals surface area (Å²) in [5, 5.41) is 4.31. The molecule has 1 aromatic rings. The van der Waals surface area contributed by atoms with Crippen molar-refractivity contribution in [1.29, 1.82) is 0 Å². The number of hydrogen-bond acceptors (Lipinski definition) is 4. The number of carbonyl (C=O) groups is 3. The van der Waals surface area contributed by atoms with Crippen molar-refractivity contribution in [3.05, 3.63) is 22.4 Å². The number of hydrazine groups is 1. The molecule has 0 saturated carbocycles. The summed E-state index contributed by atoms with van der Waals surface area (Å²) in [4.78, 5) is 35.0. The van der Waals surface area contributed by atoms with Gasteiger partial charge in [-0.05, 0) is 17.4 Å². The van der Waals surface area contributed by atoms with Crippen LogP contribution in [0.25, 0.3) is 0 Å². The average Bonchev–Trinajstić information content (AvgIpc) is 2.85. The van der Waals surface area contributed by atoms with Crippen LogP contribution in [0.2, 0.25) is 0 Å². The van der Waals surface area contributed by atoms with Crippen molar-refractivity contribution in [2.45, 2.75) is 26.8 Å². The fourth-order valence-electron chi connectivity index (χ4n) is 1.42. The fraction of sp³-hybridized carbons (Fsp3) is 0.417. The van der Waals surface area contributed by atoms with Gasteiger partial charge in [0.2, 0.25) is 5.91 Å². The second kappa shape index (κ2) is 6.89. The number of thiophene rings is 1. The van der Waals surface area contributed by atoms with E-state index >= 15 is 0 Å². The maximum atomic E-state index is 11.9. The minimum atomic E-state index is -0.680. The summed E-state index contributed by atoms with van der Waals surface area (Å²) in [7, 11) is 0. The first-order valence-electron chi connectivity index (χ1n) is 5.82. The average molecular weight is 283 g/mol. The summed E-state index contributed by atoms with van der Waals surface area (Å²) in [5.41, 5.74) is 4.63. The van der Waals surface area contributed by atoms with Crippen LogP contribution in [0.15, 0.2) is 17.5 Å². The maximum absolute atomic E-state index is 11.9. The minimum Gasteiger partial charge on any atom is -0.344 e. The molecule has 0 fully saturated rings. The van der Waals surface area contributed by atoms with E-state index in [1.165, 1.54) is 18.3 Å². The number of amides is 3. The van der Waals surface area contributed by atoms with Crippen molar-refractivity contribution >= 4 is 29.1 Å². The van der Waals surface area contributed by atoms with E-state index in [4.69, 9.17) is 0 Å². The smallest absolute Gasteiger partial charge is 0.279 e. The SMILES string of the molecule is CC(=O)NC(C(=O)NNC(=O)c1cccs1)C(C)C. The van der Waals surface area contributed by atoms with Crippen LogP contribution in [-0.4, -0.2) is 23.8 Å². The van der Waals surface area contributed by atoms with E-state index in [-0.39, 0.29) is 17.7 Å². The summed E-state index contributed by atoms with van der Waals surface area (Å²) >= 11 is 1.27. The normalized spacial score (nSPS) is 11.8. The molecule has 3 N–H and O–H groups in total. The molecule has 3 amide bonds. The lowest BCUT2D eigenvalue weighted by Crippen LogP contribution is -2.53. The van der Waals surface area contributed by atoms with Gasteiger partial charge in [-0.3, -0.25) is 25.2 Å². The van der Waals surface area contributed by atoms with Gasteiger partial charge in [-0.25, -0.2) is 0 Å². The van der Waals surface area contributed by atoms with Crippen molar-refractivity contribution in [2.24, 2.45) is 5.92 Å². The third-order valence-electron chi connectivity index (χ3n) is 2.35. The molecule has 0 aromatic carbocycles. The molecule has 1 rings (SSSR count). The van der Waals surface area contributed by atoms with E-state index in [0.717, 1.165) is 0 Å². The van der Waals surface area contributed by atoms with Gasteiger partial charge in [0.15, 0.2) is 0 Å². The lowest BCUT2D eigenvalue weighted by molar-refractivity contribution is -0.129. The Morgan fingerprint density at radius 1 is 1.21 bits per heavy atom. The number of nitrogens with one attached hydrogen (secondary N) is 3. The van der Waals surface area contributed by atoms with Gasteiger partial charge in [0.1, 0.15) is 6.04 Å². The number of rotatable bonds is 4. The van der Waals surface area contributed by atoms with Gasteiger partial charge < -0.3 is 5.32 Å². The van der Waals surface area contributed by atoms with Gasteiger partial charge in [-0.15, -0.1) is 11.3 Å². The second-order valence-corrected chi connectivity index (χ2v) is 5.29. The van der Waals surface area contributed by atoms with E-state index in [0.29, 0.717) is 4.88 Å². The standard InChI is InChI=1S/C12H17N3O3S/c1-7(2)10(13-8(3)16)12(18)15-14-11(17)9-5-4-6-19-9/h4-7,10H,1-3H3,(H,13,16)(H,14,17)(H,15,18). The molecule has 7 heteroatoms. The first kappa shape index (κ1) is 15.2.